The highest BCUT2D eigenvalue weighted by molar-refractivity contribution is 5.01. The molecule has 70 valence electrons. The van der Waals surface area contributed by atoms with E-state index in [4.69, 9.17) is 10.5 Å². The fourth-order valence-corrected chi connectivity index (χ4v) is 2.63. The van der Waals surface area contributed by atoms with Crippen molar-refractivity contribution in [3.05, 3.63) is 0 Å². The fraction of sp³-hybridized carbons (Fsp3) is 1.00. The molecule has 0 aliphatic carbocycles. The summed E-state index contributed by atoms with van der Waals surface area (Å²) in [5.41, 5.74) is 6.34. The Labute approximate surface area is 74.5 Å². The number of hydrogen-bond donors (Lipinski definition) is 1. The van der Waals surface area contributed by atoms with Crippen LogP contribution >= 0.6 is 0 Å². The van der Waals surface area contributed by atoms with Crippen molar-refractivity contribution in [1.29, 1.82) is 0 Å². The predicted octanol–water partition coefficient (Wildman–Crippen LogP) is 1.54. The zero-order chi connectivity index (χ0) is 8.93. The summed E-state index contributed by atoms with van der Waals surface area (Å²) in [5.74, 6) is 0.672. The summed E-state index contributed by atoms with van der Waals surface area (Å²) in [7, 11) is 0. The monoisotopic (exact) mass is 169 g/mol. The van der Waals surface area contributed by atoms with Crippen LogP contribution in [0, 0.1) is 11.3 Å². The molecule has 2 aliphatic heterocycles. The quantitative estimate of drug-likeness (QED) is 0.597. The van der Waals surface area contributed by atoms with Gasteiger partial charge in [0, 0.05) is 6.04 Å². The average Bonchev–Trinajstić information content (AvgIpc) is 2.41. The molecule has 2 fully saturated rings. The average molecular weight is 169 g/mol. The van der Waals surface area contributed by atoms with E-state index >= 15 is 0 Å². The molecule has 0 aromatic rings. The highest BCUT2D eigenvalue weighted by Crippen LogP contribution is 2.46. The maximum atomic E-state index is 5.98. The molecule has 12 heavy (non-hydrogen) atoms. The molecule has 2 nitrogen and oxygen atoms in total. The van der Waals surface area contributed by atoms with Crippen LogP contribution in [0.1, 0.15) is 33.6 Å². The van der Waals surface area contributed by atoms with Crippen LogP contribution in [-0.4, -0.2) is 18.2 Å². The molecular weight excluding hydrogens is 150 g/mol. The third kappa shape index (κ3) is 1.17. The molecular formula is C10H19NO. The van der Waals surface area contributed by atoms with Crippen LogP contribution in [0.15, 0.2) is 0 Å². The van der Waals surface area contributed by atoms with E-state index in [1.165, 1.54) is 6.42 Å². The molecule has 2 bridgehead atoms. The van der Waals surface area contributed by atoms with Gasteiger partial charge in [0.1, 0.15) is 0 Å². The molecule has 0 radical (unpaired) electrons. The molecule has 2 saturated heterocycles. The Balaban J connectivity index is 2.12. The van der Waals surface area contributed by atoms with Gasteiger partial charge in [0.2, 0.25) is 0 Å². The van der Waals surface area contributed by atoms with E-state index in [-0.39, 0.29) is 0 Å². The van der Waals surface area contributed by atoms with Gasteiger partial charge in [-0.25, -0.2) is 0 Å². The van der Waals surface area contributed by atoms with Crippen molar-refractivity contribution in [3.63, 3.8) is 0 Å². The maximum Gasteiger partial charge on any atom is 0.0764 e. The van der Waals surface area contributed by atoms with Gasteiger partial charge in [0.15, 0.2) is 0 Å². The van der Waals surface area contributed by atoms with E-state index in [1.807, 2.05) is 0 Å². The Hall–Kier alpha value is -0.0800. The Kier molecular flexibility index (Phi) is 1.74. The molecule has 2 heterocycles. The summed E-state index contributed by atoms with van der Waals surface area (Å²) in [4.78, 5) is 0. The molecule has 4 atom stereocenters. The summed E-state index contributed by atoms with van der Waals surface area (Å²) < 4.78 is 5.80. The van der Waals surface area contributed by atoms with Gasteiger partial charge in [0.05, 0.1) is 12.2 Å². The van der Waals surface area contributed by atoms with Crippen LogP contribution in [0.2, 0.25) is 0 Å². The normalized spacial score (nSPS) is 47.0. The molecule has 2 aliphatic rings. The second-order valence-corrected chi connectivity index (χ2v) is 5.33. The molecule has 0 aromatic carbocycles. The molecule has 0 spiro atoms. The van der Waals surface area contributed by atoms with Crippen molar-refractivity contribution in [2.45, 2.75) is 51.9 Å². The van der Waals surface area contributed by atoms with Crippen LogP contribution in [0.4, 0.5) is 0 Å². The first kappa shape index (κ1) is 8.52. The topological polar surface area (TPSA) is 35.2 Å². The third-order valence-electron chi connectivity index (χ3n) is 3.33. The largest absolute Gasteiger partial charge is 0.373 e. The first-order valence-electron chi connectivity index (χ1n) is 4.89. The van der Waals surface area contributed by atoms with Crippen molar-refractivity contribution < 1.29 is 4.74 Å². The first-order chi connectivity index (χ1) is 5.48. The molecule has 0 saturated carbocycles. The van der Waals surface area contributed by atoms with E-state index in [2.05, 4.69) is 20.8 Å². The second-order valence-electron chi connectivity index (χ2n) is 5.33. The molecule has 0 aromatic heterocycles. The van der Waals surface area contributed by atoms with Crippen LogP contribution in [-0.2, 0) is 4.74 Å². The van der Waals surface area contributed by atoms with Gasteiger partial charge in [-0.15, -0.1) is 0 Å². The highest BCUT2D eigenvalue weighted by atomic mass is 16.5. The lowest BCUT2D eigenvalue weighted by Gasteiger charge is -2.34. The Morgan fingerprint density at radius 1 is 1.25 bits per heavy atom. The van der Waals surface area contributed by atoms with Gasteiger partial charge in [-0.3, -0.25) is 0 Å². The maximum absolute atomic E-state index is 5.98. The van der Waals surface area contributed by atoms with Crippen LogP contribution < -0.4 is 5.73 Å². The number of fused-ring (bicyclic) bond motifs is 2. The summed E-state index contributed by atoms with van der Waals surface area (Å²) in [6.45, 7) is 6.86. The van der Waals surface area contributed by atoms with Gasteiger partial charge < -0.3 is 10.5 Å². The molecule has 2 N–H and O–H groups in total. The highest BCUT2D eigenvalue weighted by Gasteiger charge is 2.49. The Morgan fingerprint density at radius 3 is 2.25 bits per heavy atom. The minimum Gasteiger partial charge on any atom is -0.373 e. The smallest absolute Gasteiger partial charge is 0.0764 e. The minimum atomic E-state index is 0.299. The number of hydrogen-bond acceptors (Lipinski definition) is 2. The summed E-state index contributed by atoms with van der Waals surface area (Å²) in [6, 6.07) is 0.299. The lowest BCUT2D eigenvalue weighted by Crippen LogP contribution is -2.42. The van der Waals surface area contributed by atoms with Crippen molar-refractivity contribution in [2.75, 3.05) is 0 Å². The first-order valence-corrected chi connectivity index (χ1v) is 4.89. The van der Waals surface area contributed by atoms with Crippen LogP contribution in [0.5, 0.6) is 0 Å². The van der Waals surface area contributed by atoms with E-state index in [0.29, 0.717) is 29.6 Å². The van der Waals surface area contributed by atoms with Crippen molar-refractivity contribution in [3.8, 4) is 0 Å². The standard InChI is InChI=1S/C10H19NO/c1-10(2,3)7-4-6-5-8(11)9(7)12-6/h6-9H,4-5,11H2,1-3H3. The SMILES string of the molecule is CC(C)(C)C1CC2CC(N)C1O2. The zero-order valence-corrected chi connectivity index (χ0v) is 8.21. The molecule has 2 heteroatoms. The van der Waals surface area contributed by atoms with Gasteiger partial charge in [-0.05, 0) is 24.2 Å². The molecule has 2 rings (SSSR count). The molecule has 0 amide bonds. The minimum absolute atomic E-state index is 0.299. The van der Waals surface area contributed by atoms with Crippen LogP contribution in [0.3, 0.4) is 0 Å². The van der Waals surface area contributed by atoms with Gasteiger partial charge in [-0.2, -0.15) is 0 Å². The second kappa shape index (κ2) is 2.46. The summed E-state index contributed by atoms with van der Waals surface area (Å²) in [5, 5.41) is 0. The van der Waals surface area contributed by atoms with Crippen molar-refractivity contribution >= 4 is 0 Å². The van der Waals surface area contributed by atoms with E-state index in [1.54, 1.807) is 0 Å². The van der Waals surface area contributed by atoms with E-state index in [9.17, 15) is 0 Å². The Bertz CT molecular complexity index is 185. The number of ether oxygens (including phenoxy) is 1. The lowest BCUT2D eigenvalue weighted by molar-refractivity contribution is 0.0617. The van der Waals surface area contributed by atoms with Gasteiger partial charge in [0.25, 0.3) is 0 Å². The van der Waals surface area contributed by atoms with Crippen LogP contribution in [0.25, 0.3) is 0 Å². The third-order valence-corrected chi connectivity index (χ3v) is 3.33. The number of rotatable bonds is 0. The summed E-state index contributed by atoms with van der Waals surface area (Å²) in [6.07, 6.45) is 3.11. The van der Waals surface area contributed by atoms with Gasteiger partial charge >= 0.3 is 0 Å². The van der Waals surface area contributed by atoms with Gasteiger partial charge in [-0.1, -0.05) is 20.8 Å². The van der Waals surface area contributed by atoms with Crippen molar-refractivity contribution in [2.24, 2.45) is 17.1 Å². The summed E-state index contributed by atoms with van der Waals surface area (Å²) >= 11 is 0. The van der Waals surface area contributed by atoms with Crippen molar-refractivity contribution in [1.82, 2.24) is 0 Å². The Morgan fingerprint density at radius 2 is 1.92 bits per heavy atom. The lowest BCUT2D eigenvalue weighted by atomic mass is 9.71. The molecule has 4 unspecified atom stereocenters. The van der Waals surface area contributed by atoms with E-state index < -0.39 is 0 Å². The zero-order valence-electron chi connectivity index (χ0n) is 8.21. The predicted molar refractivity (Wildman–Crippen MR) is 48.8 cm³/mol. The van der Waals surface area contributed by atoms with E-state index in [0.717, 1.165) is 6.42 Å². The number of nitrogens with two attached hydrogens (primary N) is 1. The fourth-order valence-electron chi connectivity index (χ4n) is 2.63.